The molecule has 1 aliphatic rings. The molecule has 7 heteroatoms. The molecule has 102 valence electrons. The summed E-state index contributed by atoms with van der Waals surface area (Å²) in [4.78, 5) is 5.66. The first kappa shape index (κ1) is 13.6. The molecule has 0 aromatic carbocycles. The van der Waals surface area contributed by atoms with Gasteiger partial charge >= 0.3 is 6.18 Å². The molecule has 1 aromatic heterocycles. The van der Waals surface area contributed by atoms with Crippen LogP contribution in [-0.2, 0) is 6.54 Å². The van der Waals surface area contributed by atoms with Gasteiger partial charge in [-0.1, -0.05) is 6.92 Å². The van der Waals surface area contributed by atoms with Crippen molar-refractivity contribution in [3.63, 3.8) is 0 Å². The van der Waals surface area contributed by atoms with Crippen molar-refractivity contribution in [2.75, 3.05) is 18.0 Å². The minimum atomic E-state index is -4.17. The largest absolute Gasteiger partial charge is 0.406 e. The Morgan fingerprint density at radius 1 is 1.50 bits per heavy atom. The lowest BCUT2D eigenvalue weighted by atomic mass is 10.4. The van der Waals surface area contributed by atoms with Crippen molar-refractivity contribution in [3.8, 4) is 0 Å². The Morgan fingerprint density at radius 2 is 2.22 bits per heavy atom. The van der Waals surface area contributed by atoms with Gasteiger partial charge in [-0.05, 0) is 19.4 Å². The Kier molecular flexibility index (Phi) is 4.11. The third-order valence-electron chi connectivity index (χ3n) is 2.68. The molecule has 1 aliphatic carbocycles. The summed E-state index contributed by atoms with van der Waals surface area (Å²) < 4.78 is 37.5. The first-order chi connectivity index (χ1) is 8.49. The number of halogens is 3. The zero-order valence-electron chi connectivity index (χ0n) is 10.1. The molecule has 0 atom stereocenters. The fourth-order valence-corrected chi connectivity index (χ4v) is 2.59. The van der Waals surface area contributed by atoms with Crippen LogP contribution in [0.1, 0.15) is 25.5 Å². The Balaban J connectivity index is 2.03. The smallest absolute Gasteiger partial charge is 0.336 e. The van der Waals surface area contributed by atoms with Crippen LogP contribution in [0.5, 0.6) is 0 Å². The van der Waals surface area contributed by atoms with Gasteiger partial charge in [-0.25, -0.2) is 4.98 Å². The standard InChI is InChI=1S/C11H16F3N3S/c1-2-15-5-8-6-18-10(16-8)17(9-3-4-9)7-11(12,13)14/h6,9,15H,2-5,7H2,1H3. The van der Waals surface area contributed by atoms with E-state index in [0.29, 0.717) is 11.7 Å². The van der Waals surface area contributed by atoms with Gasteiger partial charge in [-0.2, -0.15) is 13.2 Å². The number of hydrogen-bond donors (Lipinski definition) is 1. The molecule has 1 heterocycles. The fraction of sp³-hybridized carbons (Fsp3) is 0.727. The molecule has 1 fully saturated rings. The zero-order valence-corrected chi connectivity index (χ0v) is 10.9. The van der Waals surface area contributed by atoms with Crippen LogP contribution >= 0.6 is 11.3 Å². The van der Waals surface area contributed by atoms with E-state index in [0.717, 1.165) is 25.1 Å². The predicted octanol–water partition coefficient (Wildman–Crippen LogP) is 2.78. The summed E-state index contributed by atoms with van der Waals surface area (Å²) >= 11 is 1.29. The Bertz CT molecular complexity index is 387. The average molecular weight is 279 g/mol. The summed E-state index contributed by atoms with van der Waals surface area (Å²) in [6.45, 7) is 2.51. The molecule has 0 aliphatic heterocycles. The van der Waals surface area contributed by atoms with E-state index in [9.17, 15) is 13.2 Å². The van der Waals surface area contributed by atoms with Gasteiger partial charge in [0, 0.05) is 18.0 Å². The summed E-state index contributed by atoms with van der Waals surface area (Å²) in [6, 6.07) is 0.0183. The third-order valence-corrected chi connectivity index (χ3v) is 3.61. The first-order valence-corrected chi connectivity index (χ1v) is 6.86. The molecule has 0 amide bonds. The molecule has 18 heavy (non-hydrogen) atoms. The van der Waals surface area contributed by atoms with E-state index in [2.05, 4.69) is 10.3 Å². The molecule has 1 N–H and O–H groups in total. The topological polar surface area (TPSA) is 28.2 Å². The lowest BCUT2D eigenvalue weighted by Crippen LogP contribution is -2.35. The van der Waals surface area contributed by atoms with Gasteiger partial charge in [0.25, 0.3) is 0 Å². The van der Waals surface area contributed by atoms with E-state index >= 15 is 0 Å². The van der Waals surface area contributed by atoms with E-state index < -0.39 is 12.7 Å². The molecule has 1 saturated carbocycles. The van der Waals surface area contributed by atoms with Crippen LogP contribution in [0, 0.1) is 0 Å². The molecule has 0 unspecified atom stereocenters. The lowest BCUT2D eigenvalue weighted by molar-refractivity contribution is -0.120. The number of thiazole rings is 1. The van der Waals surface area contributed by atoms with Crippen LogP contribution in [0.15, 0.2) is 5.38 Å². The van der Waals surface area contributed by atoms with Crippen molar-refractivity contribution in [2.45, 2.75) is 38.5 Å². The van der Waals surface area contributed by atoms with Crippen LogP contribution < -0.4 is 10.2 Å². The van der Waals surface area contributed by atoms with Crippen molar-refractivity contribution < 1.29 is 13.2 Å². The SMILES string of the molecule is CCNCc1csc(N(CC(F)(F)F)C2CC2)n1. The Morgan fingerprint density at radius 3 is 2.78 bits per heavy atom. The lowest BCUT2D eigenvalue weighted by Gasteiger charge is -2.22. The summed E-state index contributed by atoms with van der Waals surface area (Å²) in [5.41, 5.74) is 0.810. The van der Waals surface area contributed by atoms with E-state index in [-0.39, 0.29) is 6.04 Å². The monoisotopic (exact) mass is 279 g/mol. The Hall–Kier alpha value is -0.820. The van der Waals surface area contributed by atoms with Gasteiger partial charge in [0.1, 0.15) is 6.54 Å². The Labute approximate surface area is 108 Å². The normalized spacial score (nSPS) is 16.0. The number of anilines is 1. The van der Waals surface area contributed by atoms with Gasteiger partial charge in [-0.3, -0.25) is 0 Å². The minimum absolute atomic E-state index is 0.0183. The van der Waals surface area contributed by atoms with E-state index in [4.69, 9.17) is 0 Å². The van der Waals surface area contributed by atoms with Crippen molar-refractivity contribution >= 4 is 16.5 Å². The number of aromatic nitrogens is 1. The van der Waals surface area contributed by atoms with E-state index in [1.807, 2.05) is 12.3 Å². The zero-order chi connectivity index (χ0) is 13.2. The second-order valence-electron chi connectivity index (χ2n) is 4.38. The van der Waals surface area contributed by atoms with Crippen molar-refractivity contribution in [1.82, 2.24) is 10.3 Å². The van der Waals surface area contributed by atoms with Gasteiger partial charge in [-0.15, -0.1) is 11.3 Å². The molecular weight excluding hydrogens is 263 g/mol. The first-order valence-electron chi connectivity index (χ1n) is 5.98. The molecule has 1 aromatic rings. The van der Waals surface area contributed by atoms with Crippen molar-refractivity contribution in [1.29, 1.82) is 0 Å². The number of nitrogens with one attached hydrogen (secondary N) is 1. The quantitative estimate of drug-likeness (QED) is 0.868. The highest BCUT2D eigenvalue weighted by Gasteiger charge is 2.39. The number of alkyl halides is 3. The molecule has 2 rings (SSSR count). The van der Waals surface area contributed by atoms with Gasteiger partial charge in [0.15, 0.2) is 5.13 Å². The third kappa shape index (κ3) is 3.84. The summed E-state index contributed by atoms with van der Waals surface area (Å²) in [7, 11) is 0. The molecule has 0 bridgehead atoms. The maximum atomic E-state index is 12.5. The average Bonchev–Trinajstić information content (AvgIpc) is 3.01. The highest BCUT2D eigenvalue weighted by atomic mass is 32.1. The number of rotatable bonds is 6. The summed E-state index contributed by atoms with van der Waals surface area (Å²) in [6.07, 6.45) is -2.51. The van der Waals surface area contributed by atoms with E-state index in [1.165, 1.54) is 16.2 Å². The highest BCUT2D eigenvalue weighted by Crippen LogP contribution is 2.35. The second-order valence-corrected chi connectivity index (χ2v) is 5.21. The van der Waals surface area contributed by atoms with Crippen LogP contribution in [0.3, 0.4) is 0 Å². The van der Waals surface area contributed by atoms with Crippen molar-refractivity contribution in [2.24, 2.45) is 0 Å². The maximum Gasteiger partial charge on any atom is 0.406 e. The second kappa shape index (κ2) is 5.44. The van der Waals surface area contributed by atoms with Crippen LogP contribution in [0.25, 0.3) is 0 Å². The fourth-order valence-electron chi connectivity index (χ4n) is 1.69. The van der Waals surface area contributed by atoms with Crippen LogP contribution in [-0.4, -0.2) is 30.3 Å². The van der Waals surface area contributed by atoms with Gasteiger partial charge < -0.3 is 10.2 Å². The van der Waals surface area contributed by atoms with Crippen molar-refractivity contribution in [3.05, 3.63) is 11.1 Å². The molecule has 0 radical (unpaired) electrons. The van der Waals surface area contributed by atoms with Crippen LogP contribution in [0.2, 0.25) is 0 Å². The summed E-state index contributed by atoms with van der Waals surface area (Å²) in [5.74, 6) is 0. The van der Waals surface area contributed by atoms with Crippen LogP contribution in [0.4, 0.5) is 18.3 Å². The minimum Gasteiger partial charge on any atom is -0.336 e. The molecule has 0 saturated heterocycles. The summed E-state index contributed by atoms with van der Waals surface area (Å²) in [5, 5.41) is 5.43. The maximum absolute atomic E-state index is 12.5. The van der Waals surface area contributed by atoms with E-state index in [1.54, 1.807) is 0 Å². The van der Waals surface area contributed by atoms with Gasteiger partial charge in [0.05, 0.1) is 5.69 Å². The van der Waals surface area contributed by atoms with Gasteiger partial charge in [0.2, 0.25) is 0 Å². The number of nitrogens with zero attached hydrogens (tertiary/aromatic N) is 2. The molecule has 0 spiro atoms. The highest BCUT2D eigenvalue weighted by molar-refractivity contribution is 7.13. The number of hydrogen-bond acceptors (Lipinski definition) is 4. The molecule has 3 nitrogen and oxygen atoms in total. The molecular formula is C11H16F3N3S. The predicted molar refractivity (Wildman–Crippen MR) is 65.9 cm³/mol.